The fraction of sp³-hybridized carbons (Fsp3) is 0.455. The molecule has 2 unspecified atom stereocenters. The van der Waals surface area contributed by atoms with Gasteiger partial charge in [-0.3, -0.25) is 0 Å². The molecule has 1 aliphatic heterocycles. The topological polar surface area (TPSA) is 58.9 Å². The van der Waals surface area contributed by atoms with Crippen molar-refractivity contribution >= 4 is 30.2 Å². The zero-order valence-electron chi connectivity index (χ0n) is 9.64. The van der Waals surface area contributed by atoms with E-state index in [1.807, 2.05) is 30.3 Å². The van der Waals surface area contributed by atoms with Gasteiger partial charge in [0.05, 0.1) is 12.7 Å². The summed E-state index contributed by atoms with van der Waals surface area (Å²) in [5.74, 6) is 1.51. The van der Waals surface area contributed by atoms with Crippen molar-refractivity contribution in [3.05, 3.63) is 35.9 Å². The van der Waals surface area contributed by atoms with Crippen molar-refractivity contribution in [2.75, 3.05) is 11.5 Å². The van der Waals surface area contributed by atoms with E-state index in [0.29, 0.717) is 12.4 Å². The number of rotatable bonds is 5. The molecule has 0 spiro atoms. The molecule has 4 nitrogen and oxygen atoms in total. The monoisotopic (exact) mass is 306 g/mol. The molecule has 1 aromatic rings. The first-order chi connectivity index (χ1) is 8.75. The van der Waals surface area contributed by atoms with Crippen LogP contribution < -0.4 is 0 Å². The van der Waals surface area contributed by atoms with Crippen molar-refractivity contribution in [1.29, 1.82) is 0 Å². The number of benzene rings is 1. The highest BCUT2D eigenvalue weighted by molar-refractivity contribution is 8.76. The van der Waals surface area contributed by atoms with Gasteiger partial charge in [0.15, 0.2) is 0 Å². The Hall–Kier alpha value is 0.190. The molecule has 1 aromatic carbocycles. The van der Waals surface area contributed by atoms with E-state index in [1.54, 1.807) is 21.6 Å². The zero-order chi connectivity index (χ0) is 12.8. The molecule has 2 rings (SSSR count). The molecule has 0 saturated carbocycles. The highest BCUT2D eigenvalue weighted by Gasteiger charge is 2.29. The predicted molar refractivity (Wildman–Crippen MR) is 76.2 cm³/mol. The van der Waals surface area contributed by atoms with Crippen LogP contribution in [0.3, 0.4) is 0 Å². The third kappa shape index (κ3) is 4.70. The van der Waals surface area contributed by atoms with Gasteiger partial charge in [-0.2, -0.15) is 0 Å². The second-order valence-electron chi connectivity index (χ2n) is 3.80. The lowest BCUT2D eigenvalue weighted by Gasteiger charge is -2.30. The first-order valence-electron chi connectivity index (χ1n) is 5.50. The van der Waals surface area contributed by atoms with Gasteiger partial charge in [-0.15, -0.1) is 0 Å². The summed E-state index contributed by atoms with van der Waals surface area (Å²) in [5.41, 5.74) is 1.11. The Kier molecular flexibility index (Phi) is 6.24. The molecule has 1 saturated heterocycles. The van der Waals surface area contributed by atoms with Gasteiger partial charge >= 0.3 is 8.60 Å². The van der Waals surface area contributed by atoms with Crippen molar-refractivity contribution < 1.29 is 19.0 Å². The average molecular weight is 306 g/mol. The summed E-state index contributed by atoms with van der Waals surface area (Å²) in [6.07, 6.45) is -0.346. The fourth-order valence-corrected chi connectivity index (χ4v) is 4.59. The van der Waals surface area contributed by atoms with Crippen molar-refractivity contribution in [3.8, 4) is 0 Å². The van der Waals surface area contributed by atoms with E-state index in [1.165, 1.54) is 0 Å². The van der Waals surface area contributed by atoms with Gasteiger partial charge in [0.1, 0.15) is 6.10 Å². The Labute approximate surface area is 115 Å². The van der Waals surface area contributed by atoms with Crippen LogP contribution in [-0.4, -0.2) is 33.5 Å². The van der Waals surface area contributed by atoms with E-state index in [-0.39, 0.29) is 12.2 Å². The molecule has 1 heterocycles. The summed E-state index contributed by atoms with van der Waals surface area (Å²) >= 11 is 0. The molecule has 0 bridgehead atoms. The highest BCUT2D eigenvalue weighted by atomic mass is 33.1. The molecule has 18 heavy (non-hydrogen) atoms. The quantitative estimate of drug-likeness (QED) is 0.644. The third-order valence-corrected chi connectivity index (χ3v) is 5.37. The maximum atomic E-state index is 8.93. The van der Waals surface area contributed by atoms with Gasteiger partial charge in [0.25, 0.3) is 0 Å². The summed E-state index contributed by atoms with van der Waals surface area (Å²) in [5, 5.41) is 0. The minimum absolute atomic E-state index is 0.0965. The van der Waals surface area contributed by atoms with Crippen molar-refractivity contribution in [2.24, 2.45) is 0 Å². The molecular weight excluding hydrogens is 291 g/mol. The lowest BCUT2D eigenvalue weighted by molar-refractivity contribution is -0.0158. The Morgan fingerprint density at radius 1 is 1.11 bits per heavy atom. The largest absolute Gasteiger partial charge is 0.370 e. The second-order valence-corrected chi connectivity index (χ2v) is 7.07. The molecule has 7 heteroatoms. The molecular formula is C11H15O4PS2. The van der Waals surface area contributed by atoms with Gasteiger partial charge in [-0.1, -0.05) is 51.9 Å². The van der Waals surface area contributed by atoms with E-state index in [2.05, 4.69) is 0 Å². The highest BCUT2D eigenvalue weighted by Crippen LogP contribution is 2.38. The lowest BCUT2D eigenvalue weighted by Crippen LogP contribution is -2.36. The smallest absolute Gasteiger partial charge is 0.327 e. The van der Waals surface area contributed by atoms with Crippen LogP contribution in [0.4, 0.5) is 0 Å². The van der Waals surface area contributed by atoms with Crippen LogP contribution in [0.2, 0.25) is 0 Å². The molecule has 0 amide bonds. The Bertz CT molecular complexity index is 352. The van der Waals surface area contributed by atoms with Crippen molar-refractivity contribution in [2.45, 2.75) is 18.8 Å². The summed E-state index contributed by atoms with van der Waals surface area (Å²) in [7, 11) is 1.08. The summed E-state index contributed by atoms with van der Waals surface area (Å²) < 4.78 is 10.9. The van der Waals surface area contributed by atoms with Gasteiger partial charge in [-0.05, 0) is 5.56 Å². The van der Waals surface area contributed by atoms with Crippen LogP contribution in [0.1, 0.15) is 5.56 Å². The summed E-state index contributed by atoms with van der Waals surface area (Å²) in [4.78, 5) is 17.9. The van der Waals surface area contributed by atoms with Crippen LogP contribution in [-0.2, 0) is 15.9 Å². The first kappa shape index (κ1) is 14.6. The fourth-order valence-electron chi connectivity index (χ4n) is 1.60. The van der Waals surface area contributed by atoms with Gasteiger partial charge in [-0.25, -0.2) is 0 Å². The van der Waals surface area contributed by atoms with Crippen LogP contribution in [0, 0.1) is 0 Å². The molecule has 1 aliphatic rings. The minimum Gasteiger partial charge on any atom is -0.370 e. The Balaban J connectivity index is 1.85. The molecule has 0 aromatic heterocycles. The Morgan fingerprint density at radius 2 is 1.78 bits per heavy atom. The average Bonchev–Trinajstić information content (AvgIpc) is 2.38. The lowest BCUT2D eigenvalue weighted by atomic mass is 10.2. The molecule has 0 radical (unpaired) electrons. The van der Waals surface area contributed by atoms with Crippen molar-refractivity contribution in [1.82, 2.24) is 0 Å². The molecule has 1 fully saturated rings. The number of ether oxygens (including phenoxy) is 1. The van der Waals surface area contributed by atoms with Crippen LogP contribution >= 0.6 is 30.2 Å². The standard InChI is InChI=1S/C11H15O4PS2/c12-16(13)15-11-8-18-17-7-10(11)14-6-9-4-2-1-3-5-9/h1-5,10-13H,6-8H2. The summed E-state index contributed by atoms with van der Waals surface area (Å²) in [6.45, 7) is 0.519. The zero-order valence-corrected chi connectivity index (χ0v) is 12.2. The van der Waals surface area contributed by atoms with E-state index < -0.39 is 8.60 Å². The predicted octanol–water partition coefficient (Wildman–Crippen LogP) is 2.56. The minimum atomic E-state index is -2.32. The van der Waals surface area contributed by atoms with Gasteiger partial charge in [0.2, 0.25) is 0 Å². The van der Waals surface area contributed by atoms with Crippen LogP contribution in [0.15, 0.2) is 30.3 Å². The van der Waals surface area contributed by atoms with E-state index >= 15 is 0 Å². The first-order valence-corrected chi connectivity index (χ1v) is 9.15. The molecule has 100 valence electrons. The number of hydrogen-bond donors (Lipinski definition) is 2. The SMILES string of the molecule is OP(O)OC1CSSCC1OCc1ccccc1. The van der Waals surface area contributed by atoms with Crippen LogP contribution in [0.25, 0.3) is 0 Å². The third-order valence-electron chi connectivity index (χ3n) is 2.50. The second kappa shape index (κ2) is 7.70. The normalized spacial score (nSPS) is 24.4. The molecule has 0 aliphatic carbocycles. The maximum absolute atomic E-state index is 8.93. The van der Waals surface area contributed by atoms with Gasteiger partial charge in [0, 0.05) is 11.5 Å². The number of hydrogen-bond acceptors (Lipinski definition) is 6. The molecule has 2 N–H and O–H groups in total. The van der Waals surface area contributed by atoms with E-state index in [4.69, 9.17) is 19.0 Å². The van der Waals surface area contributed by atoms with E-state index in [0.717, 1.165) is 11.3 Å². The van der Waals surface area contributed by atoms with Crippen molar-refractivity contribution in [3.63, 3.8) is 0 Å². The Morgan fingerprint density at radius 3 is 2.44 bits per heavy atom. The van der Waals surface area contributed by atoms with Crippen LogP contribution in [0.5, 0.6) is 0 Å². The van der Waals surface area contributed by atoms with E-state index in [9.17, 15) is 0 Å². The molecule has 2 atom stereocenters. The maximum Gasteiger partial charge on any atom is 0.327 e. The summed E-state index contributed by atoms with van der Waals surface area (Å²) in [6, 6.07) is 9.92. The van der Waals surface area contributed by atoms with Gasteiger partial charge < -0.3 is 19.0 Å².